The van der Waals surface area contributed by atoms with E-state index in [1.165, 1.54) is 22.3 Å². The van der Waals surface area contributed by atoms with Gasteiger partial charge in [0, 0.05) is 12.5 Å². The molecule has 110 valence electrons. The zero-order valence-corrected chi connectivity index (χ0v) is 12.9. The first kappa shape index (κ1) is 14.2. The lowest BCUT2D eigenvalue weighted by molar-refractivity contribution is 0.357. The van der Waals surface area contributed by atoms with Crippen LogP contribution in [-0.4, -0.2) is 13.2 Å². The fourth-order valence-electron chi connectivity index (χ4n) is 3.01. The van der Waals surface area contributed by atoms with Crippen molar-refractivity contribution in [3.8, 4) is 5.75 Å². The van der Waals surface area contributed by atoms with Crippen LogP contribution in [-0.2, 0) is 12.8 Å². The van der Waals surface area contributed by atoms with E-state index in [-0.39, 0.29) is 0 Å². The molecule has 0 bridgehead atoms. The second kappa shape index (κ2) is 6.31. The molecule has 2 aromatic rings. The molecular formula is C19H23NO. The third-order valence-electron chi connectivity index (χ3n) is 4.27. The first-order valence-electron chi connectivity index (χ1n) is 7.77. The Kier molecular flexibility index (Phi) is 4.26. The molecule has 0 radical (unpaired) electrons. The van der Waals surface area contributed by atoms with Gasteiger partial charge >= 0.3 is 0 Å². The molecule has 1 aliphatic rings. The van der Waals surface area contributed by atoms with E-state index in [4.69, 9.17) is 4.74 Å². The maximum absolute atomic E-state index is 5.55. The van der Waals surface area contributed by atoms with Crippen molar-refractivity contribution in [3.63, 3.8) is 0 Å². The number of hydrogen-bond donors (Lipinski definition) is 1. The number of rotatable bonds is 5. The molecule has 0 aliphatic carbocycles. The Morgan fingerprint density at radius 3 is 2.90 bits per heavy atom. The maximum atomic E-state index is 5.55. The van der Waals surface area contributed by atoms with E-state index in [1.807, 2.05) is 0 Å². The zero-order chi connectivity index (χ0) is 14.7. The van der Waals surface area contributed by atoms with Crippen LogP contribution in [0.4, 0.5) is 0 Å². The van der Waals surface area contributed by atoms with Crippen LogP contribution in [0.3, 0.4) is 0 Å². The number of nitrogens with one attached hydrogen (secondary N) is 1. The molecule has 21 heavy (non-hydrogen) atoms. The van der Waals surface area contributed by atoms with Crippen molar-refractivity contribution in [3.05, 3.63) is 64.7 Å². The van der Waals surface area contributed by atoms with Gasteiger partial charge in [-0.05, 0) is 55.1 Å². The number of benzene rings is 2. The van der Waals surface area contributed by atoms with Crippen molar-refractivity contribution in [2.75, 3.05) is 13.2 Å². The molecule has 1 aliphatic heterocycles. The molecule has 0 aromatic heterocycles. The Labute approximate surface area is 127 Å². The second-order valence-electron chi connectivity index (χ2n) is 5.82. The molecule has 1 heterocycles. The smallest absolute Gasteiger partial charge is 0.122 e. The Hall–Kier alpha value is -1.80. The van der Waals surface area contributed by atoms with Crippen molar-refractivity contribution in [2.24, 2.45) is 0 Å². The van der Waals surface area contributed by atoms with Crippen molar-refractivity contribution in [1.29, 1.82) is 0 Å². The van der Waals surface area contributed by atoms with E-state index in [2.05, 4.69) is 61.6 Å². The summed E-state index contributed by atoms with van der Waals surface area (Å²) in [5, 5.41) is 3.62. The van der Waals surface area contributed by atoms with Gasteiger partial charge in [-0.25, -0.2) is 0 Å². The summed E-state index contributed by atoms with van der Waals surface area (Å²) in [7, 11) is 0. The summed E-state index contributed by atoms with van der Waals surface area (Å²) < 4.78 is 5.55. The fourth-order valence-corrected chi connectivity index (χ4v) is 3.01. The molecule has 1 N–H and O–H groups in total. The molecule has 2 nitrogen and oxygen atoms in total. The van der Waals surface area contributed by atoms with E-state index < -0.39 is 0 Å². The summed E-state index contributed by atoms with van der Waals surface area (Å²) in [5.74, 6) is 1.07. The largest absolute Gasteiger partial charge is 0.493 e. The highest BCUT2D eigenvalue weighted by molar-refractivity contribution is 5.39. The molecule has 0 unspecified atom stereocenters. The third kappa shape index (κ3) is 3.27. The van der Waals surface area contributed by atoms with Crippen molar-refractivity contribution >= 4 is 0 Å². The van der Waals surface area contributed by atoms with E-state index in [9.17, 15) is 0 Å². The lowest BCUT2D eigenvalue weighted by Crippen LogP contribution is -2.22. The number of fused-ring (bicyclic) bond motifs is 1. The molecule has 3 rings (SSSR count). The van der Waals surface area contributed by atoms with Gasteiger partial charge < -0.3 is 10.1 Å². The fraction of sp³-hybridized carbons (Fsp3) is 0.368. The van der Waals surface area contributed by atoms with E-state index in [0.29, 0.717) is 6.04 Å². The molecule has 0 saturated heterocycles. The van der Waals surface area contributed by atoms with Crippen molar-refractivity contribution in [1.82, 2.24) is 5.32 Å². The molecular weight excluding hydrogens is 258 g/mol. The summed E-state index contributed by atoms with van der Waals surface area (Å²) in [5.41, 5.74) is 5.50. The van der Waals surface area contributed by atoms with E-state index in [0.717, 1.165) is 31.7 Å². The van der Waals surface area contributed by atoms with Gasteiger partial charge in [0.05, 0.1) is 6.61 Å². The Bertz CT molecular complexity index is 621. The summed E-state index contributed by atoms with van der Waals surface area (Å²) >= 11 is 0. The second-order valence-corrected chi connectivity index (χ2v) is 5.82. The monoisotopic (exact) mass is 281 g/mol. The van der Waals surface area contributed by atoms with Crippen LogP contribution in [0.5, 0.6) is 5.75 Å². The highest BCUT2D eigenvalue weighted by Crippen LogP contribution is 2.26. The predicted octanol–water partition coefficient (Wildman–Crippen LogP) is 3.82. The van der Waals surface area contributed by atoms with Gasteiger partial charge in [-0.3, -0.25) is 0 Å². The van der Waals surface area contributed by atoms with Crippen LogP contribution < -0.4 is 10.1 Å². The quantitative estimate of drug-likeness (QED) is 0.899. The molecule has 0 saturated carbocycles. The molecule has 2 heteroatoms. The van der Waals surface area contributed by atoms with Crippen molar-refractivity contribution < 1.29 is 4.74 Å². The maximum Gasteiger partial charge on any atom is 0.122 e. The highest BCUT2D eigenvalue weighted by Gasteiger charge is 2.12. The average molecular weight is 281 g/mol. The number of ether oxygens (including phenoxy) is 1. The Morgan fingerprint density at radius 2 is 2.05 bits per heavy atom. The van der Waals surface area contributed by atoms with Gasteiger partial charge in [-0.1, -0.05) is 36.4 Å². The van der Waals surface area contributed by atoms with Crippen LogP contribution in [0.15, 0.2) is 42.5 Å². The van der Waals surface area contributed by atoms with Gasteiger partial charge in [-0.15, -0.1) is 0 Å². The van der Waals surface area contributed by atoms with Gasteiger partial charge in [0.15, 0.2) is 0 Å². The minimum atomic E-state index is 0.393. The van der Waals surface area contributed by atoms with Crippen LogP contribution in [0.1, 0.15) is 35.2 Å². The predicted molar refractivity (Wildman–Crippen MR) is 86.9 cm³/mol. The normalized spacial score (nSPS) is 14.6. The first-order valence-corrected chi connectivity index (χ1v) is 7.77. The lowest BCUT2D eigenvalue weighted by Gasteiger charge is -2.16. The van der Waals surface area contributed by atoms with Crippen molar-refractivity contribution in [2.45, 2.75) is 32.7 Å². The van der Waals surface area contributed by atoms with Gasteiger partial charge in [0.1, 0.15) is 5.75 Å². The molecule has 2 aromatic carbocycles. The minimum Gasteiger partial charge on any atom is -0.493 e. The molecule has 0 spiro atoms. The van der Waals surface area contributed by atoms with Gasteiger partial charge in [0.25, 0.3) is 0 Å². The topological polar surface area (TPSA) is 21.3 Å². The van der Waals surface area contributed by atoms with E-state index >= 15 is 0 Å². The number of hydrogen-bond acceptors (Lipinski definition) is 2. The highest BCUT2D eigenvalue weighted by atomic mass is 16.5. The van der Waals surface area contributed by atoms with Gasteiger partial charge in [0.2, 0.25) is 0 Å². The third-order valence-corrected chi connectivity index (χ3v) is 4.27. The lowest BCUT2D eigenvalue weighted by atomic mass is 10.0. The zero-order valence-electron chi connectivity index (χ0n) is 12.9. The van der Waals surface area contributed by atoms with Crippen LogP contribution in [0.25, 0.3) is 0 Å². The van der Waals surface area contributed by atoms with Gasteiger partial charge in [-0.2, -0.15) is 0 Å². The minimum absolute atomic E-state index is 0.393. The SMILES string of the molecule is Cc1ccccc1[C@H](C)NCCc1ccc2c(c1)CCO2. The summed E-state index contributed by atoms with van der Waals surface area (Å²) in [6, 6.07) is 15.6. The first-order chi connectivity index (χ1) is 10.2. The van der Waals surface area contributed by atoms with Crippen LogP contribution in [0, 0.1) is 6.92 Å². The van der Waals surface area contributed by atoms with E-state index in [1.54, 1.807) is 0 Å². The summed E-state index contributed by atoms with van der Waals surface area (Å²) in [6.45, 7) is 6.24. The Balaban J connectivity index is 1.55. The number of aryl methyl sites for hydroxylation is 1. The molecule has 0 amide bonds. The van der Waals surface area contributed by atoms with Crippen LogP contribution in [0.2, 0.25) is 0 Å². The summed E-state index contributed by atoms with van der Waals surface area (Å²) in [6.07, 6.45) is 2.11. The molecule has 1 atom stereocenters. The Morgan fingerprint density at radius 1 is 1.19 bits per heavy atom. The summed E-state index contributed by atoms with van der Waals surface area (Å²) in [4.78, 5) is 0. The average Bonchev–Trinajstić information content (AvgIpc) is 2.95. The molecule has 0 fully saturated rings. The standard InChI is InChI=1S/C19H23NO/c1-14-5-3-4-6-18(14)15(2)20-11-9-16-7-8-19-17(13-16)10-12-21-19/h3-8,13,15,20H,9-12H2,1-2H3/t15-/m0/s1. The van der Waals surface area contributed by atoms with Crippen LogP contribution >= 0.6 is 0 Å².